The first-order chi connectivity index (χ1) is 6.93. The standard InChI is InChI=1S/C9H16N4O2/c1-11(2)10-5-7-6-12(3)9(15)13(4)8(7)14/h6,10H,5H2,1-4H3. The Bertz CT molecular complexity index is 458. The third kappa shape index (κ3) is 2.54. The summed E-state index contributed by atoms with van der Waals surface area (Å²) >= 11 is 0. The van der Waals surface area contributed by atoms with E-state index < -0.39 is 0 Å². The maximum absolute atomic E-state index is 11.6. The molecule has 0 aliphatic carbocycles. The molecule has 0 bridgehead atoms. The summed E-state index contributed by atoms with van der Waals surface area (Å²) in [4.78, 5) is 23.0. The van der Waals surface area contributed by atoms with Crippen LogP contribution in [-0.2, 0) is 20.6 Å². The van der Waals surface area contributed by atoms with Crippen molar-refractivity contribution >= 4 is 0 Å². The van der Waals surface area contributed by atoms with Gasteiger partial charge in [0.05, 0.1) is 0 Å². The van der Waals surface area contributed by atoms with Gasteiger partial charge in [0.15, 0.2) is 0 Å². The highest BCUT2D eigenvalue weighted by molar-refractivity contribution is 5.04. The Morgan fingerprint density at radius 2 is 1.93 bits per heavy atom. The van der Waals surface area contributed by atoms with Crippen molar-refractivity contribution in [2.45, 2.75) is 6.54 Å². The first-order valence-electron chi connectivity index (χ1n) is 4.60. The summed E-state index contributed by atoms with van der Waals surface area (Å²) in [6, 6.07) is 0. The SMILES string of the molecule is CN(C)NCc1cn(C)c(=O)n(C)c1=O. The third-order valence-electron chi connectivity index (χ3n) is 2.10. The van der Waals surface area contributed by atoms with Gasteiger partial charge in [-0.2, -0.15) is 0 Å². The summed E-state index contributed by atoms with van der Waals surface area (Å²) in [5.74, 6) is 0. The second kappa shape index (κ2) is 4.41. The van der Waals surface area contributed by atoms with Crippen LogP contribution in [0.2, 0.25) is 0 Å². The van der Waals surface area contributed by atoms with Crippen molar-refractivity contribution in [1.82, 2.24) is 19.6 Å². The molecule has 0 saturated heterocycles. The molecule has 0 radical (unpaired) electrons. The molecule has 0 amide bonds. The molecule has 1 N–H and O–H groups in total. The van der Waals surface area contributed by atoms with Gasteiger partial charge in [0, 0.05) is 46.5 Å². The van der Waals surface area contributed by atoms with E-state index >= 15 is 0 Å². The lowest BCUT2D eigenvalue weighted by molar-refractivity contribution is 0.284. The minimum Gasteiger partial charge on any atom is -0.303 e. The van der Waals surface area contributed by atoms with Crippen molar-refractivity contribution in [3.05, 3.63) is 32.6 Å². The van der Waals surface area contributed by atoms with E-state index in [9.17, 15) is 9.59 Å². The number of rotatable bonds is 3. The molecule has 0 fully saturated rings. The van der Waals surface area contributed by atoms with Crippen LogP contribution in [0.15, 0.2) is 15.8 Å². The number of hydrogen-bond acceptors (Lipinski definition) is 4. The number of aromatic nitrogens is 2. The van der Waals surface area contributed by atoms with Crippen LogP contribution in [0, 0.1) is 0 Å². The molecule has 0 aliphatic rings. The van der Waals surface area contributed by atoms with E-state index in [-0.39, 0.29) is 11.2 Å². The predicted octanol–water partition coefficient (Wildman–Crippen LogP) is -1.35. The Kier molecular flexibility index (Phi) is 3.43. The van der Waals surface area contributed by atoms with Crippen LogP contribution in [0.5, 0.6) is 0 Å². The summed E-state index contributed by atoms with van der Waals surface area (Å²) in [7, 11) is 6.78. The van der Waals surface area contributed by atoms with Crippen LogP contribution in [0.1, 0.15) is 5.56 Å². The zero-order valence-electron chi connectivity index (χ0n) is 9.44. The van der Waals surface area contributed by atoms with Crippen molar-refractivity contribution in [2.75, 3.05) is 14.1 Å². The quantitative estimate of drug-likeness (QED) is 0.629. The molecule has 6 nitrogen and oxygen atoms in total. The highest BCUT2D eigenvalue weighted by Crippen LogP contribution is 1.86. The molecule has 6 heteroatoms. The van der Waals surface area contributed by atoms with Gasteiger partial charge in [-0.15, -0.1) is 0 Å². The molecule has 0 saturated carbocycles. The van der Waals surface area contributed by atoms with E-state index in [0.29, 0.717) is 12.1 Å². The Hall–Kier alpha value is -1.40. The number of hydrogen-bond donors (Lipinski definition) is 1. The van der Waals surface area contributed by atoms with Crippen molar-refractivity contribution in [1.29, 1.82) is 0 Å². The van der Waals surface area contributed by atoms with E-state index in [0.717, 1.165) is 4.57 Å². The van der Waals surface area contributed by atoms with Gasteiger partial charge in [-0.3, -0.25) is 19.8 Å². The fraction of sp³-hybridized carbons (Fsp3) is 0.556. The number of nitrogens with zero attached hydrogens (tertiary/aromatic N) is 3. The predicted molar refractivity (Wildman–Crippen MR) is 57.5 cm³/mol. The molecule has 0 atom stereocenters. The molecule has 1 heterocycles. The number of aryl methyl sites for hydroxylation is 1. The molecule has 1 aromatic heterocycles. The highest BCUT2D eigenvalue weighted by Gasteiger charge is 2.06. The maximum atomic E-state index is 11.6. The van der Waals surface area contributed by atoms with Crippen molar-refractivity contribution in [2.24, 2.45) is 14.1 Å². The smallest absolute Gasteiger partial charge is 0.303 e. The lowest BCUT2D eigenvalue weighted by Gasteiger charge is -2.12. The van der Waals surface area contributed by atoms with Gasteiger partial charge >= 0.3 is 5.69 Å². The lowest BCUT2D eigenvalue weighted by atomic mass is 10.3. The van der Waals surface area contributed by atoms with Gasteiger partial charge in [-0.25, -0.2) is 4.79 Å². The first kappa shape index (κ1) is 11.7. The van der Waals surface area contributed by atoms with Crippen LogP contribution < -0.4 is 16.7 Å². The molecular formula is C9H16N4O2. The molecule has 0 aromatic carbocycles. The Morgan fingerprint density at radius 3 is 2.47 bits per heavy atom. The zero-order valence-corrected chi connectivity index (χ0v) is 9.44. The lowest BCUT2D eigenvalue weighted by Crippen LogP contribution is -2.41. The summed E-state index contributed by atoms with van der Waals surface area (Å²) in [6.45, 7) is 0.411. The van der Waals surface area contributed by atoms with Gasteiger partial charge in [0.25, 0.3) is 5.56 Å². The second-order valence-electron chi connectivity index (χ2n) is 3.64. The topological polar surface area (TPSA) is 59.3 Å². The van der Waals surface area contributed by atoms with Crippen LogP contribution in [-0.4, -0.2) is 28.2 Å². The van der Waals surface area contributed by atoms with Crippen molar-refractivity contribution in [3.8, 4) is 0 Å². The molecule has 0 unspecified atom stereocenters. The van der Waals surface area contributed by atoms with Gasteiger partial charge in [0.2, 0.25) is 0 Å². The number of nitrogens with one attached hydrogen (secondary N) is 1. The zero-order chi connectivity index (χ0) is 11.6. The van der Waals surface area contributed by atoms with Gasteiger partial charge in [-0.05, 0) is 0 Å². The summed E-state index contributed by atoms with van der Waals surface area (Å²) < 4.78 is 2.50. The second-order valence-corrected chi connectivity index (χ2v) is 3.64. The minimum atomic E-state index is -0.311. The Labute approximate surface area is 87.7 Å². The largest absolute Gasteiger partial charge is 0.330 e. The fourth-order valence-electron chi connectivity index (χ4n) is 1.25. The summed E-state index contributed by atoms with van der Waals surface area (Å²) in [5, 5.41) is 1.75. The molecule has 0 aliphatic heterocycles. The maximum Gasteiger partial charge on any atom is 0.330 e. The van der Waals surface area contributed by atoms with E-state index in [1.165, 1.54) is 11.6 Å². The van der Waals surface area contributed by atoms with Gasteiger partial charge in [-0.1, -0.05) is 0 Å². The molecular weight excluding hydrogens is 196 g/mol. The van der Waals surface area contributed by atoms with Gasteiger partial charge < -0.3 is 4.57 Å². The van der Waals surface area contributed by atoms with E-state index in [1.54, 1.807) is 18.3 Å². The normalized spacial score (nSPS) is 11.0. The van der Waals surface area contributed by atoms with Crippen molar-refractivity contribution < 1.29 is 0 Å². The van der Waals surface area contributed by atoms with Crippen LogP contribution in [0.25, 0.3) is 0 Å². The summed E-state index contributed by atoms with van der Waals surface area (Å²) in [5.41, 5.74) is 2.98. The van der Waals surface area contributed by atoms with E-state index in [2.05, 4.69) is 5.43 Å². The summed E-state index contributed by atoms with van der Waals surface area (Å²) in [6.07, 6.45) is 1.56. The van der Waals surface area contributed by atoms with Crippen LogP contribution in [0.4, 0.5) is 0 Å². The average molecular weight is 212 g/mol. The molecule has 15 heavy (non-hydrogen) atoms. The third-order valence-corrected chi connectivity index (χ3v) is 2.10. The van der Waals surface area contributed by atoms with Crippen molar-refractivity contribution in [3.63, 3.8) is 0 Å². The molecule has 0 spiro atoms. The fourth-order valence-corrected chi connectivity index (χ4v) is 1.25. The Morgan fingerprint density at radius 1 is 1.33 bits per heavy atom. The van der Waals surface area contributed by atoms with Crippen LogP contribution >= 0.6 is 0 Å². The van der Waals surface area contributed by atoms with Crippen LogP contribution in [0.3, 0.4) is 0 Å². The molecule has 84 valence electrons. The molecule has 1 rings (SSSR count). The molecule has 1 aromatic rings. The highest BCUT2D eigenvalue weighted by atomic mass is 16.2. The van der Waals surface area contributed by atoms with E-state index in [1.807, 2.05) is 14.1 Å². The van der Waals surface area contributed by atoms with E-state index in [4.69, 9.17) is 0 Å². The Balaban J connectivity index is 3.10. The minimum absolute atomic E-state index is 0.257. The average Bonchev–Trinajstić information content (AvgIpc) is 2.18. The number of hydrazine groups is 1. The first-order valence-corrected chi connectivity index (χ1v) is 4.60. The van der Waals surface area contributed by atoms with Gasteiger partial charge in [0.1, 0.15) is 0 Å². The monoisotopic (exact) mass is 212 g/mol.